The highest BCUT2D eigenvalue weighted by atomic mass is 15.3. The van der Waals surface area contributed by atoms with Crippen molar-refractivity contribution in [2.75, 3.05) is 5.73 Å². The highest BCUT2D eigenvalue weighted by Crippen LogP contribution is 1.98. The number of hydrogen-bond donors (Lipinski definition) is 1. The quantitative estimate of drug-likeness (QED) is 0.712. The summed E-state index contributed by atoms with van der Waals surface area (Å²) < 4.78 is 1.78. The van der Waals surface area contributed by atoms with E-state index in [0.29, 0.717) is 12.4 Å². The minimum Gasteiger partial charge on any atom is -0.382 e. The Kier molecular flexibility index (Phi) is 1.91. The van der Waals surface area contributed by atoms with Crippen molar-refractivity contribution < 1.29 is 0 Å². The Morgan fingerprint density at radius 2 is 2.23 bits per heavy atom. The zero-order valence-electron chi connectivity index (χ0n) is 6.96. The van der Waals surface area contributed by atoms with Crippen molar-refractivity contribution in [3.63, 3.8) is 0 Å². The van der Waals surface area contributed by atoms with E-state index in [9.17, 15) is 0 Å². The van der Waals surface area contributed by atoms with Crippen LogP contribution in [0.5, 0.6) is 0 Å². The van der Waals surface area contributed by atoms with Gasteiger partial charge in [0.1, 0.15) is 5.82 Å². The standard InChI is InChI=1S/C8H9N5/c9-8-5-10-7(4-11-8)6-13-3-1-2-12-13/h1-5H,6H2,(H2,9,11). The van der Waals surface area contributed by atoms with Crippen LogP contribution in [0.4, 0.5) is 5.82 Å². The molecule has 0 radical (unpaired) electrons. The van der Waals surface area contributed by atoms with Gasteiger partial charge in [0.05, 0.1) is 24.6 Å². The molecule has 0 bridgehead atoms. The lowest BCUT2D eigenvalue weighted by Crippen LogP contribution is -2.03. The molecular formula is C8H9N5. The zero-order chi connectivity index (χ0) is 9.10. The van der Waals surface area contributed by atoms with Crippen LogP contribution >= 0.6 is 0 Å². The van der Waals surface area contributed by atoms with Crippen molar-refractivity contribution in [1.82, 2.24) is 19.7 Å². The Bertz CT molecular complexity index is 364. The summed E-state index contributed by atoms with van der Waals surface area (Å²) in [6, 6.07) is 1.87. The highest BCUT2D eigenvalue weighted by molar-refractivity contribution is 5.22. The molecule has 5 nitrogen and oxygen atoms in total. The number of aromatic nitrogens is 4. The average Bonchev–Trinajstić information content (AvgIpc) is 2.62. The van der Waals surface area contributed by atoms with Gasteiger partial charge < -0.3 is 5.73 Å². The lowest BCUT2D eigenvalue weighted by atomic mass is 10.4. The van der Waals surface area contributed by atoms with Crippen LogP contribution in [0.3, 0.4) is 0 Å². The van der Waals surface area contributed by atoms with Crippen LogP contribution < -0.4 is 5.73 Å². The fourth-order valence-electron chi connectivity index (χ4n) is 1.01. The van der Waals surface area contributed by atoms with Gasteiger partial charge in [0.2, 0.25) is 0 Å². The molecule has 2 aromatic rings. The average molecular weight is 175 g/mol. The molecule has 2 rings (SSSR count). The molecule has 5 heteroatoms. The van der Waals surface area contributed by atoms with E-state index < -0.39 is 0 Å². The van der Waals surface area contributed by atoms with E-state index >= 15 is 0 Å². The summed E-state index contributed by atoms with van der Waals surface area (Å²) in [6.07, 6.45) is 6.79. The van der Waals surface area contributed by atoms with E-state index in [4.69, 9.17) is 5.73 Å². The number of anilines is 1. The van der Waals surface area contributed by atoms with Gasteiger partial charge in [-0.2, -0.15) is 5.10 Å². The van der Waals surface area contributed by atoms with E-state index in [1.165, 1.54) is 0 Å². The van der Waals surface area contributed by atoms with Crippen LogP contribution in [-0.4, -0.2) is 19.7 Å². The molecule has 0 amide bonds. The number of hydrogen-bond acceptors (Lipinski definition) is 4. The smallest absolute Gasteiger partial charge is 0.141 e. The van der Waals surface area contributed by atoms with Crippen molar-refractivity contribution in [3.05, 3.63) is 36.5 Å². The Balaban J connectivity index is 2.15. The predicted octanol–water partition coefficient (Wildman–Crippen LogP) is 0.304. The molecule has 0 aromatic carbocycles. The lowest BCUT2D eigenvalue weighted by Gasteiger charge is -1.99. The summed E-state index contributed by atoms with van der Waals surface area (Å²) in [6.45, 7) is 0.625. The molecule has 0 aliphatic rings. The number of nitrogens with zero attached hydrogens (tertiary/aromatic N) is 4. The van der Waals surface area contributed by atoms with Gasteiger partial charge in [-0.05, 0) is 6.07 Å². The second-order valence-electron chi connectivity index (χ2n) is 2.64. The third kappa shape index (κ3) is 1.81. The van der Waals surface area contributed by atoms with Crippen LogP contribution in [0.15, 0.2) is 30.9 Å². The normalized spacial score (nSPS) is 10.2. The van der Waals surface area contributed by atoms with Gasteiger partial charge >= 0.3 is 0 Å². The van der Waals surface area contributed by atoms with Gasteiger partial charge in [0.25, 0.3) is 0 Å². The highest BCUT2D eigenvalue weighted by Gasteiger charge is 1.96. The lowest BCUT2D eigenvalue weighted by molar-refractivity contribution is 0.670. The maximum absolute atomic E-state index is 5.40. The zero-order valence-corrected chi connectivity index (χ0v) is 6.96. The molecule has 2 heterocycles. The third-order valence-corrected chi connectivity index (χ3v) is 1.61. The molecular weight excluding hydrogens is 166 g/mol. The Hall–Kier alpha value is -1.91. The van der Waals surface area contributed by atoms with Gasteiger partial charge in [0.15, 0.2) is 0 Å². The topological polar surface area (TPSA) is 69.6 Å². The van der Waals surface area contributed by atoms with Crippen LogP contribution in [-0.2, 0) is 6.54 Å². The third-order valence-electron chi connectivity index (χ3n) is 1.61. The summed E-state index contributed by atoms with van der Waals surface area (Å²) in [5, 5.41) is 4.05. The monoisotopic (exact) mass is 175 g/mol. The second-order valence-corrected chi connectivity index (χ2v) is 2.64. The Morgan fingerprint density at radius 1 is 1.31 bits per heavy atom. The molecule has 0 saturated carbocycles. The van der Waals surface area contributed by atoms with E-state index in [1.54, 1.807) is 23.3 Å². The van der Waals surface area contributed by atoms with Gasteiger partial charge in [-0.1, -0.05) is 0 Å². The fraction of sp³-hybridized carbons (Fsp3) is 0.125. The van der Waals surface area contributed by atoms with Crippen LogP contribution in [0.25, 0.3) is 0 Å². The predicted molar refractivity (Wildman–Crippen MR) is 47.8 cm³/mol. The Labute approximate surface area is 75.2 Å². The van der Waals surface area contributed by atoms with E-state index in [1.807, 2.05) is 12.3 Å². The van der Waals surface area contributed by atoms with Crippen molar-refractivity contribution in [1.29, 1.82) is 0 Å². The second kappa shape index (κ2) is 3.22. The van der Waals surface area contributed by atoms with Gasteiger partial charge in [-0.25, -0.2) is 4.98 Å². The maximum Gasteiger partial charge on any atom is 0.141 e. The first-order valence-corrected chi connectivity index (χ1v) is 3.88. The molecule has 2 N–H and O–H groups in total. The summed E-state index contributed by atoms with van der Waals surface area (Å²) in [7, 11) is 0. The van der Waals surface area contributed by atoms with E-state index in [0.717, 1.165) is 5.69 Å². The summed E-state index contributed by atoms with van der Waals surface area (Å²) in [4.78, 5) is 8.04. The molecule has 66 valence electrons. The summed E-state index contributed by atoms with van der Waals surface area (Å²) in [5.41, 5.74) is 6.25. The van der Waals surface area contributed by atoms with Crippen LogP contribution in [0, 0.1) is 0 Å². The minimum absolute atomic E-state index is 0.434. The molecule has 0 atom stereocenters. The van der Waals surface area contributed by atoms with Gasteiger partial charge in [-0.15, -0.1) is 0 Å². The SMILES string of the molecule is Nc1cnc(Cn2cccn2)cn1. The van der Waals surface area contributed by atoms with Crippen LogP contribution in [0.1, 0.15) is 5.69 Å². The molecule has 13 heavy (non-hydrogen) atoms. The van der Waals surface area contributed by atoms with Gasteiger partial charge in [0, 0.05) is 12.4 Å². The molecule has 0 unspecified atom stereocenters. The first-order valence-electron chi connectivity index (χ1n) is 3.88. The maximum atomic E-state index is 5.40. The summed E-state index contributed by atoms with van der Waals surface area (Å²) in [5.74, 6) is 0.434. The van der Waals surface area contributed by atoms with Crippen molar-refractivity contribution >= 4 is 5.82 Å². The first-order chi connectivity index (χ1) is 6.34. The van der Waals surface area contributed by atoms with E-state index in [2.05, 4.69) is 15.1 Å². The fourth-order valence-corrected chi connectivity index (χ4v) is 1.01. The minimum atomic E-state index is 0.434. The summed E-state index contributed by atoms with van der Waals surface area (Å²) >= 11 is 0. The molecule has 0 fully saturated rings. The molecule has 0 spiro atoms. The van der Waals surface area contributed by atoms with Crippen molar-refractivity contribution in [2.24, 2.45) is 0 Å². The number of nitrogen functional groups attached to an aromatic ring is 1. The van der Waals surface area contributed by atoms with Crippen molar-refractivity contribution in [3.8, 4) is 0 Å². The van der Waals surface area contributed by atoms with Crippen molar-refractivity contribution in [2.45, 2.75) is 6.54 Å². The van der Waals surface area contributed by atoms with E-state index in [-0.39, 0.29) is 0 Å². The first kappa shape index (κ1) is 7.72. The van der Waals surface area contributed by atoms with Gasteiger partial charge in [-0.3, -0.25) is 9.67 Å². The molecule has 2 aromatic heterocycles. The molecule has 0 saturated heterocycles. The number of rotatable bonds is 2. The Morgan fingerprint density at radius 3 is 2.85 bits per heavy atom. The molecule has 0 aliphatic heterocycles. The largest absolute Gasteiger partial charge is 0.382 e. The van der Waals surface area contributed by atoms with Crippen LogP contribution in [0.2, 0.25) is 0 Å². The molecule has 0 aliphatic carbocycles. The number of nitrogens with two attached hydrogens (primary N) is 1.